The number of hydrogen-bond acceptors (Lipinski definition) is 8. The Bertz CT molecular complexity index is 1190. The molecule has 3 rings (SSSR count). The fraction of sp³-hybridized carbons (Fsp3) is 0.500. The molecule has 1 aliphatic heterocycles. The van der Waals surface area contributed by atoms with Gasteiger partial charge in [0.1, 0.15) is 12.4 Å². The number of ether oxygens (including phenoxy) is 1. The molecule has 2 aromatic heterocycles. The van der Waals surface area contributed by atoms with Gasteiger partial charge in [0.2, 0.25) is 11.9 Å². The van der Waals surface area contributed by atoms with Crippen LogP contribution in [0.2, 0.25) is 0 Å². The topological polar surface area (TPSA) is 119 Å². The molecule has 3 heterocycles. The van der Waals surface area contributed by atoms with Gasteiger partial charge in [0, 0.05) is 37.1 Å². The zero-order valence-corrected chi connectivity index (χ0v) is 24.0. The number of aliphatic imine (C=N–C) groups is 1. The van der Waals surface area contributed by atoms with Crippen LogP contribution in [0.3, 0.4) is 0 Å². The molecule has 1 unspecified atom stereocenters. The maximum Gasteiger partial charge on any atom is 0.228 e. The highest BCUT2D eigenvalue weighted by atomic mass is 16.5. The third-order valence-corrected chi connectivity index (χ3v) is 6.75. The van der Waals surface area contributed by atoms with E-state index in [9.17, 15) is 4.79 Å². The number of nitrogens with two attached hydrogens (primary N) is 1. The minimum absolute atomic E-state index is 0.000674. The van der Waals surface area contributed by atoms with E-state index in [-0.39, 0.29) is 24.4 Å². The molecule has 1 aliphatic rings. The molecule has 0 radical (unpaired) electrons. The molecule has 0 bridgehead atoms. The lowest BCUT2D eigenvalue weighted by Crippen LogP contribution is -2.37. The number of nitrogens with one attached hydrogen (secondary N) is 1. The van der Waals surface area contributed by atoms with Crippen LogP contribution in [0.5, 0.6) is 5.75 Å². The van der Waals surface area contributed by atoms with Crippen molar-refractivity contribution in [1.82, 2.24) is 20.3 Å². The van der Waals surface area contributed by atoms with Crippen molar-refractivity contribution < 1.29 is 9.53 Å². The van der Waals surface area contributed by atoms with Crippen LogP contribution in [-0.2, 0) is 11.4 Å². The molecule has 1 atom stereocenters. The standard InChI is InChI=1S/C30H43N7O2/c1-6-17-37(28-26(12-9-15-32-28)39-20-25-13-16-33-30(31)35-25)18-14-23(7-2)29(38)36-27-19-24(21(3)4)11-8-10-22(5)34-27/h9-10,12-13,15-16,19,21,23H,6-8,11,14,17-18,20H2,1-5H3,(H2,31,33,35)(H,34,36,38). The highest BCUT2D eigenvalue weighted by molar-refractivity contribution is 6.05. The molecule has 0 saturated carbocycles. The van der Waals surface area contributed by atoms with Crippen molar-refractivity contribution in [2.24, 2.45) is 16.8 Å². The summed E-state index contributed by atoms with van der Waals surface area (Å²) >= 11 is 0. The number of pyridine rings is 1. The van der Waals surface area contributed by atoms with Crippen molar-refractivity contribution in [2.45, 2.75) is 73.3 Å². The van der Waals surface area contributed by atoms with Crippen LogP contribution in [0.4, 0.5) is 11.8 Å². The molecule has 0 aromatic carbocycles. The molecule has 0 fully saturated rings. The van der Waals surface area contributed by atoms with Crippen LogP contribution in [0.15, 0.2) is 59.0 Å². The number of nitrogens with zero attached hydrogens (tertiary/aromatic N) is 5. The van der Waals surface area contributed by atoms with Gasteiger partial charge in [0.25, 0.3) is 0 Å². The molecule has 9 heteroatoms. The van der Waals surface area contributed by atoms with Gasteiger partial charge in [-0.3, -0.25) is 4.79 Å². The second kappa shape index (κ2) is 15.0. The first-order valence-electron chi connectivity index (χ1n) is 14.0. The number of amidine groups is 1. The Labute approximate surface area is 232 Å². The van der Waals surface area contributed by atoms with Gasteiger partial charge in [-0.15, -0.1) is 0 Å². The molecular formula is C30H43N7O2. The van der Waals surface area contributed by atoms with Crippen molar-refractivity contribution in [3.8, 4) is 5.75 Å². The van der Waals surface area contributed by atoms with Crippen molar-refractivity contribution in [3.05, 3.63) is 59.7 Å². The summed E-state index contributed by atoms with van der Waals surface area (Å²) in [6, 6.07) is 5.53. The number of hydrogen-bond donors (Lipinski definition) is 2. The van der Waals surface area contributed by atoms with Crippen molar-refractivity contribution in [3.63, 3.8) is 0 Å². The van der Waals surface area contributed by atoms with Crippen molar-refractivity contribution >= 4 is 23.5 Å². The van der Waals surface area contributed by atoms with Gasteiger partial charge in [0.15, 0.2) is 11.6 Å². The van der Waals surface area contributed by atoms with E-state index in [1.165, 1.54) is 5.57 Å². The van der Waals surface area contributed by atoms with Crippen LogP contribution >= 0.6 is 0 Å². The number of allylic oxidation sites excluding steroid dienone is 3. The number of nitrogen functional groups attached to an aromatic ring is 1. The lowest BCUT2D eigenvalue weighted by atomic mass is 9.96. The molecule has 1 amide bonds. The maximum atomic E-state index is 13.4. The number of carbonyl (C=O) groups is 1. The van der Waals surface area contributed by atoms with E-state index in [0.29, 0.717) is 36.2 Å². The van der Waals surface area contributed by atoms with Crippen LogP contribution in [-0.4, -0.2) is 39.8 Å². The molecule has 9 nitrogen and oxygen atoms in total. The molecular weight excluding hydrogens is 490 g/mol. The Morgan fingerprint density at radius 2 is 2.00 bits per heavy atom. The summed E-state index contributed by atoms with van der Waals surface area (Å²) < 4.78 is 6.09. The molecule has 210 valence electrons. The Balaban J connectivity index is 1.70. The van der Waals surface area contributed by atoms with E-state index < -0.39 is 0 Å². The lowest BCUT2D eigenvalue weighted by Gasteiger charge is -2.27. The van der Waals surface area contributed by atoms with Gasteiger partial charge >= 0.3 is 0 Å². The summed E-state index contributed by atoms with van der Waals surface area (Å²) in [6.45, 7) is 12.2. The summed E-state index contributed by atoms with van der Waals surface area (Å²) in [4.78, 5) is 33.0. The predicted octanol–water partition coefficient (Wildman–Crippen LogP) is 5.46. The normalized spacial score (nSPS) is 14.5. The van der Waals surface area contributed by atoms with Gasteiger partial charge in [-0.1, -0.05) is 39.3 Å². The van der Waals surface area contributed by atoms with E-state index >= 15 is 0 Å². The Kier molecular flexibility index (Phi) is 11.5. The fourth-order valence-electron chi connectivity index (χ4n) is 4.51. The monoisotopic (exact) mass is 533 g/mol. The van der Waals surface area contributed by atoms with E-state index in [2.05, 4.69) is 70.0 Å². The summed E-state index contributed by atoms with van der Waals surface area (Å²) in [5, 5.41) is 3.12. The fourth-order valence-corrected chi connectivity index (χ4v) is 4.51. The zero-order valence-electron chi connectivity index (χ0n) is 24.0. The largest absolute Gasteiger partial charge is 0.483 e. The van der Waals surface area contributed by atoms with Gasteiger partial charge < -0.3 is 20.7 Å². The van der Waals surface area contributed by atoms with Gasteiger partial charge in [0.05, 0.1) is 5.69 Å². The van der Waals surface area contributed by atoms with Crippen molar-refractivity contribution in [2.75, 3.05) is 23.7 Å². The Hall–Kier alpha value is -3.75. The third kappa shape index (κ3) is 9.19. The molecule has 39 heavy (non-hydrogen) atoms. The minimum Gasteiger partial charge on any atom is -0.483 e. The first-order valence-corrected chi connectivity index (χ1v) is 14.0. The van der Waals surface area contributed by atoms with Gasteiger partial charge in [-0.2, -0.15) is 0 Å². The molecule has 0 spiro atoms. The third-order valence-electron chi connectivity index (χ3n) is 6.75. The van der Waals surface area contributed by atoms with Crippen LogP contribution in [0, 0.1) is 11.8 Å². The van der Waals surface area contributed by atoms with Gasteiger partial charge in [-0.25, -0.2) is 19.9 Å². The molecule has 2 aromatic rings. The zero-order chi connectivity index (χ0) is 28.2. The van der Waals surface area contributed by atoms with E-state index in [1.54, 1.807) is 18.5 Å². The highest BCUT2D eigenvalue weighted by Crippen LogP contribution is 2.27. The SMILES string of the molecule is CCCN(CCC(CC)C(=O)NC1=NC(C)=CCCC(C(C)C)=C1)c1ncccc1OCc1ccnc(N)n1. The second-order valence-corrected chi connectivity index (χ2v) is 10.1. The highest BCUT2D eigenvalue weighted by Gasteiger charge is 2.21. The Morgan fingerprint density at radius 1 is 1.18 bits per heavy atom. The quantitative estimate of drug-likeness (QED) is 0.372. The van der Waals surface area contributed by atoms with Crippen LogP contribution < -0.4 is 20.7 Å². The first kappa shape index (κ1) is 29.8. The second-order valence-electron chi connectivity index (χ2n) is 10.1. The average molecular weight is 534 g/mol. The van der Waals surface area contributed by atoms with E-state index in [0.717, 1.165) is 43.7 Å². The first-order chi connectivity index (χ1) is 18.8. The summed E-state index contributed by atoms with van der Waals surface area (Å²) in [6.07, 6.45) is 11.9. The van der Waals surface area contributed by atoms with Crippen LogP contribution in [0.1, 0.15) is 72.4 Å². The van der Waals surface area contributed by atoms with E-state index in [1.807, 2.05) is 19.1 Å². The van der Waals surface area contributed by atoms with Gasteiger partial charge in [-0.05, 0) is 69.2 Å². The maximum absolute atomic E-state index is 13.4. The lowest BCUT2D eigenvalue weighted by molar-refractivity contribution is -0.123. The predicted molar refractivity (Wildman–Crippen MR) is 157 cm³/mol. The smallest absolute Gasteiger partial charge is 0.228 e. The van der Waals surface area contributed by atoms with Crippen LogP contribution in [0.25, 0.3) is 0 Å². The molecule has 0 saturated heterocycles. The number of anilines is 2. The van der Waals surface area contributed by atoms with E-state index in [4.69, 9.17) is 10.5 Å². The molecule has 0 aliphatic carbocycles. The summed E-state index contributed by atoms with van der Waals surface area (Å²) in [5.41, 5.74) is 8.63. The number of amides is 1. The number of carbonyl (C=O) groups excluding carboxylic acids is 1. The summed E-state index contributed by atoms with van der Waals surface area (Å²) in [7, 11) is 0. The van der Waals surface area contributed by atoms with Crippen molar-refractivity contribution in [1.29, 1.82) is 0 Å². The average Bonchev–Trinajstić information content (AvgIpc) is 2.90. The number of aromatic nitrogens is 3. The minimum atomic E-state index is -0.158. The molecule has 3 N–H and O–H groups in total. The number of rotatable bonds is 12. The summed E-state index contributed by atoms with van der Waals surface area (Å²) in [5.74, 6) is 2.52. The Morgan fingerprint density at radius 3 is 2.72 bits per heavy atom.